The monoisotopic (exact) mass is 227 g/mol. The van der Waals surface area contributed by atoms with Gasteiger partial charge < -0.3 is 16.8 Å². The van der Waals surface area contributed by atoms with E-state index in [-0.39, 0.29) is 5.91 Å². The van der Waals surface area contributed by atoms with Crippen LogP contribution in [0.3, 0.4) is 0 Å². The molecule has 0 aromatic rings. The fraction of sp³-hybridized carbons (Fsp3) is 0.818. The van der Waals surface area contributed by atoms with E-state index in [1.807, 2.05) is 6.92 Å². The minimum Gasteiger partial charge on any atom is -0.368 e. The number of nitrogens with one attached hydrogen (secondary N) is 1. The van der Waals surface area contributed by atoms with Crippen LogP contribution in [0.25, 0.3) is 0 Å². The molecule has 0 saturated heterocycles. The summed E-state index contributed by atoms with van der Waals surface area (Å²) in [6.07, 6.45) is 4.75. The highest BCUT2D eigenvalue weighted by Gasteiger charge is 2.39. The lowest BCUT2D eigenvalue weighted by Crippen LogP contribution is -2.61. The van der Waals surface area contributed by atoms with Gasteiger partial charge in [-0.15, -0.1) is 0 Å². The van der Waals surface area contributed by atoms with Gasteiger partial charge in [0.1, 0.15) is 5.54 Å². The van der Waals surface area contributed by atoms with Crippen LogP contribution in [0, 0.1) is 0 Å². The number of amides is 2. The maximum absolute atomic E-state index is 11.7. The molecule has 0 radical (unpaired) electrons. The van der Waals surface area contributed by atoms with Crippen LogP contribution < -0.4 is 16.8 Å². The van der Waals surface area contributed by atoms with E-state index in [0.717, 1.165) is 19.3 Å². The number of primary amides is 1. The quantitative estimate of drug-likeness (QED) is 0.631. The number of hydrogen-bond acceptors (Lipinski definition) is 3. The highest BCUT2D eigenvalue weighted by Crippen LogP contribution is 2.28. The molecule has 1 aliphatic rings. The molecule has 0 heterocycles. The van der Waals surface area contributed by atoms with Gasteiger partial charge in [-0.3, -0.25) is 9.59 Å². The predicted octanol–water partition coefficient (Wildman–Crippen LogP) is 0.0281. The van der Waals surface area contributed by atoms with Crippen molar-refractivity contribution in [2.24, 2.45) is 11.5 Å². The third-order valence-electron chi connectivity index (χ3n) is 3.32. The van der Waals surface area contributed by atoms with Gasteiger partial charge in [0.15, 0.2) is 0 Å². The summed E-state index contributed by atoms with van der Waals surface area (Å²) >= 11 is 0. The minimum atomic E-state index is -0.859. The fourth-order valence-electron chi connectivity index (χ4n) is 2.10. The van der Waals surface area contributed by atoms with Gasteiger partial charge in [-0.05, 0) is 19.3 Å². The van der Waals surface area contributed by atoms with Gasteiger partial charge in [-0.25, -0.2) is 0 Å². The Kier molecular flexibility index (Phi) is 4.29. The molecule has 0 unspecified atom stereocenters. The fourth-order valence-corrected chi connectivity index (χ4v) is 2.10. The predicted molar refractivity (Wildman–Crippen MR) is 61.4 cm³/mol. The van der Waals surface area contributed by atoms with E-state index in [2.05, 4.69) is 5.32 Å². The molecule has 0 spiro atoms. The Labute approximate surface area is 95.9 Å². The summed E-state index contributed by atoms with van der Waals surface area (Å²) < 4.78 is 0. The van der Waals surface area contributed by atoms with Crippen LogP contribution in [0.1, 0.15) is 45.4 Å². The summed E-state index contributed by atoms with van der Waals surface area (Å²) in [7, 11) is 0. The molecular formula is C11H21N3O2. The first-order valence-corrected chi connectivity index (χ1v) is 5.89. The van der Waals surface area contributed by atoms with E-state index in [9.17, 15) is 9.59 Å². The zero-order chi connectivity index (χ0) is 12.2. The molecule has 5 nitrogen and oxygen atoms in total. The lowest BCUT2D eigenvalue weighted by molar-refractivity contribution is -0.133. The van der Waals surface area contributed by atoms with Crippen LogP contribution in [0.15, 0.2) is 0 Å². The van der Waals surface area contributed by atoms with E-state index in [1.165, 1.54) is 0 Å². The van der Waals surface area contributed by atoms with E-state index < -0.39 is 17.5 Å². The number of nitrogens with two attached hydrogens (primary N) is 2. The standard InChI is InChI=1S/C11H21N3O2/c1-2-8(12)9(15)14-11(10(13)16)6-4-3-5-7-11/h8H,2-7,12H2,1H3,(H2,13,16)(H,14,15)/t8-/m0/s1. The van der Waals surface area contributed by atoms with E-state index in [4.69, 9.17) is 11.5 Å². The van der Waals surface area contributed by atoms with Crippen molar-refractivity contribution in [1.29, 1.82) is 0 Å². The normalized spacial score (nSPS) is 21.1. The van der Waals surface area contributed by atoms with Gasteiger partial charge in [0.05, 0.1) is 6.04 Å². The second kappa shape index (κ2) is 5.30. The lowest BCUT2D eigenvalue weighted by atomic mass is 9.81. The molecule has 5 N–H and O–H groups in total. The van der Waals surface area contributed by atoms with Crippen LogP contribution in [0.2, 0.25) is 0 Å². The zero-order valence-electron chi connectivity index (χ0n) is 9.79. The summed E-state index contributed by atoms with van der Waals surface area (Å²) in [6.45, 7) is 1.84. The molecule has 0 aromatic carbocycles. The Morgan fingerprint density at radius 2 is 1.88 bits per heavy atom. The molecule has 92 valence electrons. The topological polar surface area (TPSA) is 98.2 Å². The SMILES string of the molecule is CC[C@H](N)C(=O)NC1(C(N)=O)CCCCC1. The van der Waals surface area contributed by atoms with Crippen molar-refractivity contribution in [2.75, 3.05) is 0 Å². The van der Waals surface area contributed by atoms with Crippen molar-refractivity contribution in [1.82, 2.24) is 5.32 Å². The third-order valence-corrected chi connectivity index (χ3v) is 3.32. The molecule has 1 aliphatic carbocycles. The first-order chi connectivity index (χ1) is 7.52. The smallest absolute Gasteiger partial charge is 0.243 e. The third kappa shape index (κ3) is 2.72. The largest absolute Gasteiger partial charge is 0.368 e. The average molecular weight is 227 g/mol. The van der Waals surface area contributed by atoms with Crippen molar-refractivity contribution in [2.45, 2.75) is 57.0 Å². The van der Waals surface area contributed by atoms with Gasteiger partial charge in [-0.2, -0.15) is 0 Å². The highest BCUT2D eigenvalue weighted by molar-refractivity contribution is 5.92. The Hall–Kier alpha value is -1.10. The zero-order valence-corrected chi connectivity index (χ0v) is 9.79. The number of carbonyl (C=O) groups excluding carboxylic acids is 2. The Balaban J connectivity index is 2.71. The first kappa shape index (κ1) is 13.0. The lowest BCUT2D eigenvalue weighted by Gasteiger charge is -2.35. The van der Waals surface area contributed by atoms with Crippen molar-refractivity contribution < 1.29 is 9.59 Å². The molecule has 1 atom stereocenters. The number of carbonyl (C=O) groups is 2. The van der Waals surface area contributed by atoms with E-state index in [1.54, 1.807) is 0 Å². The molecule has 0 aromatic heterocycles. The van der Waals surface area contributed by atoms with E-state index in [0.29, 0.717) is 19.3 Å². The summed E-state index contributed by atoms with van der Waals surface area (Å²) in [4.78, 5) is 23.2. The second-order valence-corrected chi connectivity index (χ2v) is 4.51. The van der Waals surface area contributed by atoms with Crippen molar-refractivity contribution in [3.05, 3.63) is 0 Å². The van der Waals surface area contributed by atoms with Gasteiger partial charge >= 0.3 is 0 Å². The number of hydrogen-bond donors (Lipinski definition) is 3. The van der Waals surface area contributed by atoms with Gasteiger partial charge in [0.25, 0.3) is 0 Å². The molecule has 1 rings (SSSR count). The van der Waals surface area contributed by atoms with E-state index >= 15 is 0 Å². The molecule has 0 bridgehead atoms. The summed E-state index contributed by atoms with van der Waals surface area (Å²) in [5, 5.41) is 2.74. The van der Waals surface area contributed by atoms with Crippen LogP contribution in [-0.4, -0.2) is 23.4 Å². The average Bonchev–Trinajstić information content (AvgIpc) is 2.28. The van der Waals surface area contributed by atoms with Crippen molar-refractivity contribution in [3.8, 4) is 0 Å². The number of rotatable bonds is 4. The summed E-state index contributed by atoms with van der Waals surface area (Å²) in [5.74, 6) is -0.716. The Bertz CT molecular complexity index is 272. The van der Waals surface area contributed by atoms with Crippen molar-refractivity contribution in [3.63, 3.8) is 0 Å². The maximum atomic E-state index is 11.7. The van der Waals surface area contributed by atoms with Crippen LogP contribution in [0.5, 0.6) is 0 Å². The molecule has 1 fully saturated rings. The molecular weight excluding hydrogens is 206 g/mol. The molecule has 2 amide bonds. The summed E-state index contributed by atoms with van der Waals surface area (Å²) in [5.41, 5.74) is 10.2. The van der Waals surface area contributed by atoms with Gasteiger partial charge in [0.2, 0.25) is 11.8 Å². The minimum absolute atomic E-state index is 0.275. The maximum Gasteiger partial charge on any atom is 0.243 e. The van der Waals surface area contributed by atoms with Gasteiger partial charge in [0, 0.05) is 0 Å². The van der Waals surface area contributed by atoms with Crippen LogP contribution in [0.4, 0.5) is 0 Å². The summed E-state index contributed by atoms with van der Waals surface area (Å²) in [6, 6.07) is -0.557. The highest BCUT2D eigenvalue weighted by atomic mass is 16.2. The molecule has 0 aliphatic heterocycles. The Morgan fingerprint density at radius 1 is 1.31 bits per heavy atom. The molecule has 1 saturated carbocycles. The van der Waals surface area contributed by atoms with Crippen LogP contribution in [-0.2, 0) is 9.59 Å². The molecule has 16 heavy (non-hydrogen) atoms. The second-order valence-electron chi connectivity index (χ2n) is 4.51. The Morgan fingerprint density at radius 3 is 2.31 bits per heavy atom. The van der Waals surface area contributed by atoms with Crippen molar-refractivity contribution >= 4 is 11.8 Å². The first-order valence-electron chi connectivity index (χ1n) is 5.89. The van der Waals surface area contributed by atoms with Crippen LogP contribution >= 0.6 is 0 Å². The molecule has 5 heteroatoms. The van der Waals surface area contributed by atoms with Gasteiger partial charge in [-0.1, -0.05) is 26.2 Å².